The summed E-state index contributed by atoms with van der Waals surface area (Å²) in [5, 5.41) is 24.4. The monoisotopic (exact) mass is 418 g/mol. The van der Waals surface area contributed by atoms with E-state index >= 15 is 0 Å². The van der Waals surface area contributed by atoms with Crippen molar-refractivity contribution in [3.8, 4) is 0 Å². The molecule has 3 unspecified atom stereocenters. The quantitative estimate of drug-likeness (QED) is 0.120. The van der Waals surface area contributed by atoms with Crippen LogP contribution in [0.1, 0.15) is 32.1 Å². The molecule has 0 aromatic heterocycles. The zero-order valence-electron chi connectivity index (χ0n) is 16.1. The molecule has 0 heterocycles. The van der Waals surface area contributed by atoms with Gasteiger partial charge in [-0.05, 0) is 32.2 Å². The minimum Gasteiger partial charge on any atom is -0.480 e. The van der Waals surface area contributed by atoms with Gasteiger partial charge in [0, 0.05) is 6.42 Å². The Hall–Kier alpha value is -2.77. The van der Waals surface area contributed by atoms with Gasteiger partial charge in [0.15, 0.2) is 0 Å². The molecule has 13 nitrogen and oxygen atoms in total. The molecule has 13 heteroatoms. The van der Waals surface area contributed by atoms with Gasteiger partial charge in [0.25, 0.3) is 0 Å². The number of aliphatic hydroxyl groups excluding tert-OH is 1. The third kappa shape index (κ3) is 11.6. The van der Waals surface area contributed by atoms with Gasteiger partial charge in [-0.15, -0.1) is 0 Å². The molecule has 29 heavy (non-hydrogen) atoms. The van der Waals surface area contributed by atoms with Gasteiger partial charge >= 0.3 is 5.97 Å². The second-order valence-corrected chi connectivity index (χ2v) is 6.32. The number of carboxylic acid groups (broad SMARTS) is 1. The van der Waals surface area contributed by atoms with E-state index in [4.69, 9.17) is 27.4 Å². The highest BCUT2D eigenvalue weighted by atomic mass is 16.4. The second-order valence-electron chi connectivity index (χ2n) is 6.32. The molecule has 3 atom stereocenters. The number of carbonyl (C=O) groups excluding carboxylic acids is 4. The summed E-state index contributed by atoms with van der Waals surface area (Å²) in [4.78, 5) is 57.8. The van der Waals surface area contributed by atoms with Crippen molar-refractivity contribution in [2.24, 2.45) is 17.2 Å². The normalized spacial score (nSPS) is 13.6. The molecule has 0 aromatic rings. The zero-order chi connectivity index (χ0) is 22.4. The van der Waals surface area contributed by atoms with Crippen molar-refractivity contribution in [2.45, 2.75) is 50.2 Å². The van der Waals surface area contributed by atoms with Crippen LogP contribution < -0.4 is 33.2 Å². The minimum absolute atomic E-state index is 0.0123. The fraction of sp³-hybridized carbons (Fsp3) is 0.688. The van der Waals surface area contributed by atoms with Crippen LogP contribution in [-0.2, 0) is 24.0 Å². The summed E-state index contributed by atoms with van der Waals surface area (Å²) >= 11 is 0. The van der Waals surface area contributed by atoms with Crippen LogP contribution in [0.2, 0.25) is 0 Å². The van der Waals surface area contributed by atoms with E-state index in [1.54, 1.807) is 0 Å². The fourth-order valence-electron chi connectivity index (χ4n) is 2.19. The Morgan fingerprint density at radius 1 is 0.931 bits per heavy atom. The Kier molecular flexibility index (Phi) is 12.9. The Labute approximate surface area is 167 Å². The van der Waals surface area contributed by atoms with Crippen LogP contribution in [0.15, 0.2) is 0 Å². The van der Waals surface area contributed by atoms with E-state index in [-0.39, 0.29) is 19.3 Å². The lowest BCUT2D eigenvalue weighted by Gasteiger charge is -2.21. The number of aliphatic carboxylic acids is 1. The van der Waals surface area contributed by atoms with Crippen molar-refractivity contribution in [3.05, 3.63) is 0 Å². The van der Waals surface area contributed by atoms with Crippen LogP contribution >= 0.6 is 0 Å². The number of hydrogen-bond donors (Lipinski definition) is 8. The molecule has 0 rings (SSSR count). The number of hydrogen-bond acceptors (Lipinski definition) is 8. The number of primary amides is 1. The van der Waals surface area contributed by atoms with E-state index in [1.807, 2.05) is 5.32 Å². The summed E-state index contributed by atoms with van der Waals surface area (Å²) < 4.78 is 0. The van der Waals surface area contributed by atoms with Crippen molar-refractivity contribution in [1.29, 1.82) is 0 Å². The Morgan fingerprint density at radius 2 is 1.59 bits per heavy atom. The molecule has 0 aliphatic heterocycles. The van der Waals surface area contributed by atoms with Crippen LogP contribution in [0.25, 0.3) is 0 Å². The molecule has 0 radical (unpaired) electrons. The smallest absolute Gasteiger partial charge is 0.328 e. The molecule has 0 saturated carbocycles. The molecule has 4 amide bonds. The predicted octanol–water partition coefficient (Wildman–Crippen LogP) is -4.13. The first-order valence-electron chi connectivity index (χ1n) is 9.07. The SMILES string of the molecule is NCCCCC(NC(=O)C(N)CCC(N)=O)C(=O)NCC(=O)NC(CO)C(=O)O. The average molecular weight is 418 g/mol. The zero-order valence-corrected chi connectivity index (χ0v) is 16.1. The van der Waals surface area contributed by atoms with Crippen molar-refractivity contribution < 1.29 is 34.2 Å². The highest BCUT2D eigenvalue weighted by molar-refractivity contribution is 5.92. The minimum atomic E-state index is -1.50. The molecule has 0 aliphatic rings. The number of carbonyl (C=O) groups is 5. The van der Waals surface area contributed by atoms with Crippen molar-refractivity contribution in [2.75, 3.05) is 19.7 Å². The van der Waals surface area contributed by atoms with Crippen LogP contribution in [0.5, 0.6) is 0 Å². The van der Waals surface area contributed by atoms with Crippen LogP contribution in [0.3, 0.4) is 0 Å². The summed E-state index contributed by atoms with van der Waals surface area (Å²) in [7, 11) is 0. The van der Waals surface area contributed by atoms with E-state index in [0.29, 0.717) is 19.4 Å². The van der Waals surface area contributed by atoms with Crippen LogP contribution in [0, 0.1) is 0 Å². The lowest BCUT2D eigenvalue weighted by atomic mass is 10.1. The molecule has 0 bridgehead atoms. The molecule has 166 valence electrons. The first-order chi connectivity index (χ1) is 13.6. The predicted molar refractivity (Wildman–Crippen MR) is 101 cm³/mol. The Morgan fingerprint density at radius 3 is 2.10 bits per heavy atom. The molecule has 0 fully saturated rings. The molecule has 11 N–H and O–H groups in total. The van der Waals surface area contributed by atoms with Gasteiger partial charge < -0.3 is 43.4 Å². The largest absolute Gasteiger partial charge is 0.480 e. The van der Waals surface area contributed by atoms with Gasteiger partial charge in [0.05, 0.1) is 19.2 Å². The lowest BCUT2D eigenvalue weighted by Crippen LogP contribution is -2.53. The molecule has 0 spiro atoms. The third-order valence-corrected chi connectivity index (χ3v) is 3.86. The second kappa shape index (κ2) is 14.3. The van der Waals surface area contributed by atoms with E-state index in [0.717, 1.165) is 0 Å². The van der Waals surface area contributed by atoms with Gasteiger partial charge in [-0.1, -0.05) is 0 Å². The first kappa shape index (κ1) is 26.2. The van der Waals surface area contributed by atoms with Crippen LogP contribution in [0.4, 0.5) is 0 Å². The summed E-state index contributed by atoms with van der Waals surface area (Å²) in [5.74, 6) is -4.20. The maximum atomic E-state index is 12.3. The fourth-order valence-corrected chi connectivity index (χ4v) is 2.19. The molecule has 0 saturated heterocycles. The average Bonchev–Trinajstić information content (AvgIpc) is 2.67. The number of unbranched alkanes of at least 4 members (excludes halogenated alkanes) is 1. The van der Waals surface area contributed by atoms with Crippen molar-refractivity contribution in [1.82, 2.24) is 16.0 Å². The Bertz CT molecular complexity index is 586. The van der Waals surface area contributed by atoms with Gasteiger partial charge in [0.2, 0.25) is 23.6 Å². The summed E-state index contributed by atoms with van der Waals surface area (Å²) in [6.07, 6.45) is 1.27. The molecule has 0 aromatic carbocycles. The van der Waals surface area contributed by atoms with E-state index in [9.17, 15) is 24.0 Å². The van der Waals surface area contributed by atoms with E-state index in [2.05, 4.69) is 10.6 Å². The molecular weight excluding hydrogens is 388 g/mol. The standard InChI is InChI=1S/C16H30N6O7/c17-6-2-1-3-10(22-14(26)9(18)4-5-12(19)24)15(27)20-7-13(25)21-11(8-23)16(28)29/h9-11,23H,1-8,17-18H2,(H2,19,24)(H,20,27)(H,21,25)(H,22,26)(H,28,29). The summed E-state index contributed by atoms with van der Waals surface area (Å²) in [5.41, 5.74) is 16.1. The number of nitrogens with two attached hydrogens (primary N) is 3. The van der Waals surface area contributed by atoms with Gasteiger partial charge in [0.1, 0.15) is 12.1 Å². The number of aliphatic hydroxyl groups is 1. The number of amides is 4. The summed E-state index contributed by atoms with van der Waals surface area (Å²) in [6, 6.07) is -3.55. The maximum absolute atomic E-state index is 12.3. The number of nitrogens with one attached hydrogen (secondary N) is 3. The van der Waals surface area contributed by atoms with E-state index < -0.39 is 60.9 Å². The van der Waals surface area contributed by atoms with Gasteiger partial charge in [-0.25, -0.2) is 4.79 Å². The number of rotatable bonds is 15. The third-order valence-electron chi connectivity index (χ3n) is 3.86. The summed E-state index contributed by atoms with van der Waals surface area (Å²) in [6.45, 7) is -0.976. The van der Waals surface area contributed by atoms with Crippen molar-refractivity contribution >= 4 is 29.6 Å². The van der Waals surface area contributed by atoms with Crippen molar-refractivity contribution in [3.63, 3.8) is 0 Å². The highest BCUT2D eigenvalue weighted by Gasteiger charge is 2.25. The van der Waals surface area contributed by atoms with Crippen LogP contribution in [-0.4, -0.2) is 77.6 Å². The topological polar surface area (TPSA) is 240 Å². The van der Waals surface area contributed by atoms with E-state index in [1.165, 1.54) is 0 Å². The molecular formula is C16H30N6O7. The highest BCUT2D eigenvalue weighted by Crippen LogP contribution is 2.03. The van der Waals surface area contributed by atoms with Gasteiger partial charge in [-0.3, -0.25) is 19.2 Å². The van der Waals surface area contributed by atoms with Gasteiger partial charge in [-0.2, -0.15) is 0 Å². The molecule has 0 aliphatic carbocycles. The first-order valence-corrected chi connectivity index (χ1v) is 9.07. The Balaban J connectivity index is 4.77. The maximum Gasteiger partial charge on any atom is 0.328 e. The lowest BCUT2D eigenvalue weighted by molar-refractivity contribution is -0.142. The number of carboxylic acids is 1.